The highest BCUT2D eigenvalue weighted by Gasteiger charge is 2.22. The zero-order chi connectivity index (χ0) is 27.2. The lowest BCUT2D eigenvalue weighted by molar-refractivity contribution is 0.0841. The second-order valence-corrected chi connectivity index (χ2v) is 9.62. The van der Waals surface area contributed by atoms with Crippen molar-refractivity contribution in [1.29, 1.82) is 0 Å². The molecule has 0 unspecified atom stereocenters. The van der Waals surface area contributed by atoms with Crippen LogP contribution in [0.1, 0.15) is 44.2 Å². The summed E-state index contributed by atoms with van der Waals surface area (Å²) in [6.07, 6.45) is 6.92. The summed E-state index contributed by atoms with van der Waals surface area (Å²) >= 11 is 0. The molecule has 39 heavy (non-hydrogen) atoms. The molecule has 1 amide bonds. The molecule has 2 N–H and O–H groups in total. The van der Waals surface area contributed by atoms with Gasteiger partial charge in [0.15, 0.2) is 23.7 Å². The van der Waals surface area contributed by atoms with Gasteiger partial charge < -0.3 is 19.6 Å². The van der Waals surface area contributed by atoms with Crippen molar-refractivity contribution < 1.29 is 23.4 Å². The molecular weight excluding hydrogens is 501 g/mol. The Hall–Kier alpha value is -4.15. The van der Waals surface area contributed by atoms with E-state index in [2.05, 4.69) is 25.2 Å². The van der Waals surface area contributed by atoms with Crippen LogP contribution >= 0.6 is 0 Å². The zero-order valence-corrected chi connectivity index (χ0v) is 21.6. The predicted molar refractivity (Wildman–Crippen MR) is 141 cm³/mol. The first-order chi connectivity index (χ1) is 18.9. The summed E-state index contributed by atoms with van der Waals surface area (Å²) in [5, 5.41) is 13.4. The van der Waals surface area contributed by atoms with Crippen LogP contribution in [-0.2, 0) is 26.0 Å². The van der Waals surface area contributed by atoms with Gasteiger partial charge in [0.1, 0.15) is 6.61 Å². The van der Waals surface area contributed by atoms with Crippen LogP contribution in [0.4, 0.5) is 4.39 Å². The normalized spacial score (nSPS) is 14.0. The van der Waals surface area contributed by atoms with Crippen molar-refractivity contribution >= 4 is 5.91 Å². The van der Waals surface area contributed by atoms with E-state index < -0.39 is 11.9 Å². The average molecular weight is 532 g/mol. The number of nitrogens with one attached hydrogen (secondary N) is 1. The van der Waals surface area contributed by atoms with Gasteiger partial charge >= 0.3 is 0 Å². The van der Waals surface area contributed by atoms with E-state index in [-0.39, 0.29) is 24.8 Å². The molecule has 1 aliphatic rings. The van der Waals surface area contributed by atoms with E-state index in [1.807, 2.05) is 12.1 Å². The van der Waals surface area contributed by atoms with E-state index in [1.54, 1.807) is 43.7 Å². The van der Waals surface area contributed by atoms with Gasteiger partial charge in [-0.15, -0.1) is 0 Å². The molecular formula is C29H30FN5O4. The lowest BCUT2D eigenvalue weighted by Gasteiger charge is -2.30. The van der Waals surface area contributed by atoms with Crippen LogP contribution in [-0.4, -0.2) is 56.6 Å². The number of halogens is 1. The van der Waals surface area contributed by atoms with Crippen molar-refractivity contribution in [1.82, 2.24) is 25.2 Å². The second kappa shape index (κ2) is 12.1. The molecule has 3 aromatic heterocycles. The average Bonchev–Trinajstić information content (AvgIpc) is 3.35. The number of oxazole rings is 1. The van der Waals surface area contributed by atoms with E-state index in [0.29, 0.717) is 49.5 Å². The number of carbonyl (C=O) groups is 1. The number of rotatable bonds is 10. The number of aliphatic hydroxyl groups excluding tert-OH is 1. The van der Waals surface area contributed by atoms with Crippen molar-refractivity contribution in [3.8, 4) is 5.75 Å². The van der Waals surface area contributed by atoms with Crippen molar-refractivity contribution in [2.45, 2.75) is 39.0 Å². The topological polar surface area (TPSA) is 114 Å². The summed E-state index contributed by atoms with van der Waals surface area (Å²) in [4.78, 5) is 27.2. The van der Waals surface area contributed by atoms with Gasteiger partial charge in [0.05, 0.1) is 11.8 Å². The monoisotopic (exact) mass is 531 g/mol. The Morgan fingerprint density at radius 3 is 2.92 bits per heavy atom. The molecule has 1 aromatic carbocycles. The van der Waals surface area contributed by atoms with Crippen LogP contribution in [0.3, 0.4) is 0 Å². The SMILES string of the molecule is Cc1ncoc1COc1cc2c(cc1F)CN(C[C@@H](O)CNC(=O)c1ccnc(Cc3cccnc3)c1)CC2. The molecule has 0 saturated carbocycles. The van der Waals surface area contributed by atoms with Crippen LogP contribution in [0.15, 0.2) is 65.8 Å². The molecule has 1 atom stereocenters. The molecule has 9 nitrogen and oxygen atoms in total. The molecule has 0 saturated heterocycles. The number of aryl methyl sites for hydroxylation is 1. The highest BCUT2D eigenvalue weighted by molar-refractivity contribution is 5.94. The largest absolute Gasteiger partial charge is 0.482 e. The quantitative estimate of drug-likeness (QED) is 0.321. The predicted octanol–water partition coefficient (Wildman–Crippen LogP) is 3.23. The number of hydrogen-bond donors (Lipinski definition) is 2. The first kappa shape index (κ1) is 26.5. The maximum absolute atomic E-state index is 14.7. The number of fused-ring (bicyclic) bond motifs is 1. The van der Waals surface area contributed by atoms with Gasteiger partial charge in [-0.05, 0) is 60.4 Å². The summed E-state index contributed by atoms with van der Waals surface area (Å²) in [6.45, 7) is 3.57. The smallest absolute Gasteiger partial charge is 0.251 e. The van der Waals surface area contributed by atoms with Gasteiger partial charge in [-0.3, -0.25) is 19.7 Å². The van der Waals surface area contributed by atoms with Crippen molar-refractivity contribution in [2.75, 3.05) is 19.6 Å². The standard InChI is InChI=1S/C29H30FN5O4/c1-19-28(39-18-34-19)17-38-27-12-21-5-8-35(15-23(21)11-26(27)30)16-25(36)14-33-29(37)22-4-7-32-24(10-22)9-20-3-2-6-31-13-20/h2-4,6-7,10-13,18,25,36H,5,8-9,14-17H2,1H3,(H,33,37)/t25-/m0/s1. The van der Waals surface area contributed by atoms with E-state index in [4.69, 9.17) is 9.15 Å². The van der Waals surface area contributed by atoms with Gasteiger partial charge in [0.25, 0.3) is 5.91 Å². The van der Waals surface area contributed by atoms with Gasteiger partial charge in [0.2, 0.25) is 0 Å². The minimum Gasteiger partial charge on any atom is -0.482 e. The van der Waals surface area contributed by atoms with Crippen molar-refractivity contribution in [3.63, 3.8) is 0 Å². The Labute approximate surface area is 225 Å². The zero-order valence-electron chi connectivity index (χ0n) is 21.6. The van der Waals surface area contributed by atoms with Crippen LogP contribution in [0.5, 0.6) is 5.75 Å². The molecule has 0 spiro atoms. The highest BCUT2D eigenvalue weighted by Crippen LogP contribution is 2.28. The lowest BCUT2D eigenvalue weighted by atomic mass is 9.99. The highest BCUT2D eigenvalue weighted by atomic mass is 19.1. The summed E-state index contributed by atoms with van der Waals surface area (Å²) < 4.78 is 25.6. The third kappa shape index (κ3) is 6.84. The number of hydrogen-bond acceptors (Lipinski definition) is 8. The van der Waals surface area contributed by atoms with Gasteiger partial charge in [-0.2, -0.15) is 0 Å². The molecule has 5 rings (SSSR count). The summed E-state index contributed by atoms with van der Waals surface area (Å²) in [6, 6.07) is 10.4. The first-order valence-corrected chi connectivity index (χ1v) is 12.8. The first-order valence-electron chi connectivity index (χ1n) is 12.8. The molecule has 4 heterocycles. The molecule has 0 bridgehead atoms. The Morgan fingerprint density at radius 1 is 1.23 bits per heavy atom. The minimum atomic E-state index is -0.773. The summed E-state index contributed by atoms with van der Waals surface area (Å²) in [7, 11) is 0. The summed E-state index contributed by atoms with van der Waals surface area (Å²) in [5.74, 6) is 0.0257. The number of ether oxygens (including phenoxy) is 1. The molecule has 0 fully saturated rings. The van der Waals surface area contributed by atoms with Gasteiger partial charge in [-0.25, -0.2) is 9.37 Å². The number of β-amino-alcohol motifs (C(OH)–C–C–N with tert-alkyl or cyclic N) is 1. The Kier molecular flexibility index (Phi) is 8.24. The molecule has 0 aliphatic carbocycles. The molecule has 1 aliphatic heterocycles. The maximum atomic E-state index is 14.7. The fourth-order valence-corrected chi connectivity index (χ4v) is 4.59. The number of benzene rings is 1. The molecule has 0 radical (unpaired) electrons. The number of aliphatic hydroxyl groups is 1. The Balaban J connectivity index is 1.11. The minimum absolute atomic E-state index is 0.102. The third-order valence-corrected chi connectivity index (χ3v) is 6.70. The third-order valence-electron chi connectivity index (χ3n) is 6.70. The van der Waals surface area contributed by atoms with Gasteiger partial charge in [0, 0.05) is 62.4 Å². The van der Waals surface area contributed by atoms with Crippen LogP contribution in [0, 0.1) is 12.7 Å². The number of nitrogens with zero attached hydrogens (tertiary/aromatic N) is 4. The summed E-state index contributed by atoms with van der Waals surface area (Å²) in [5.41, 5.74) is 4.83. The fraction of sp³-hybridized carbons (Fsp3) is 0.310. The van der Waals surface area contributed by atoms with Gasteiger partial charge in [-0.1, -0.05) is 6.07 Å². The van der Waals surface area contributed by atoms with E-state index >= 15 is 0 Å². The second-order valence-electron chi connectivity index (χ2n) is 9.62. The number of aromatic nitrogens is 3. The number of carbonyl (C=O) groups excluding carboxylic acids is 1. The van der Waals surface area contributed by atoms with E-state index in [0.717, 1.165) is 22.4 Å². The van der Waals surface area contributed by atoms with Crippen molar-refractivity contribution in [2.24, 2.45) is 0 Å². The van der Waals surface area contributed by atoms with E-state index in [9.17, 15) is 14.3 Å². The lowest BCUT2D eigenvalue weighted by Crippen LogP contribution is -2.42. The number of pyridine rings is 2. The molecule has 202 valence electrons. The van der Waals surface area contributed by atoms with Crippen LogP contribution in [0.25, 0.3) is 0 Å². The maximum Gasteiger partial charge on any atom is 0.251 e. The Morgan fingerprint density at radius 2 is 2.13 bits per heavy atom. The number of amides is 1. The Bertz CT molecular complexity index is 1430. The van der Waals surface area contributed by atoms with E-state index in [1.165, 1.54) is 12.5 Å². The van der Waals surface area contributed by atoms with Crippen LogP contribution in [0.2, 0.25) is 0 Å². The molecule has 10 heteroatoms. The fourth-order valence-electron chi connectivity index (χ4n) is 4.59. The van der Waals surface area contributed by atoms with Crippen LogP contribution < -0.4 is 10.1 Å². The van der Waals surface area contributed by atoms with Crippen molar-refractivity contribution in [3.05, 3.63) is 107 Å². The molecule has 4 aromatic rings.